The minimum atomic E-state index is -0.673. The van der Waals surface area contributed by atoms with Crippen molar-refractivity contribution < 1.29 is 14.3 Å². The third-order valence-electron chi connectivity index (χ3n) is 3.12. The van der Waals surface area contributed by atoms with Gasteiger partial charge in [0.25, 0.3) is 5.91 Å². The van der Waals surface area contributed by atoms with Crippen LogP contribution in [-0.4, -0.2) is 42.5 Å². The highest BCUT2D eigenvalue weighted by Crippen LogP contribution is 2.25. The number of carbonyl (C=O) groups excluding carboxylic acids is 2. The Labute approximate surface area is 133 Å². The summed E-state index contributed by atoms with van der Waals surface area (Å²) in [5.74, 6) is 0.237. The number of amides is 2. The molecule has 5 nitrogen and oxygen atoms in total. The van der Waals surface area contributed by atoms with Gasteiger partial charge in [-0.15, -0.1) is 0 Å². The highest BCUT2D eigenvalue weighted by molar-refractivity contribution is 6.34. The topological polar surface area (TPSA) is 58.6 Å². The van der Waals surface area contributed by atoms with Crippen LogP contribution in [0.15, 0.2) is 18.2 Å². The number of nitrogens with one attached hydrogen (secondary N) is 1. The van der Waals surface area contributed by atoms with Crippen molar-refractivity contribution in [2.45, 2.75) is 19.4 Å². The molecule has 1 saturated heterocycles. The number of hydrogen-bond acceptors (Lipinski definition) is 3. The Hall–Kier alpha value is -1.46. The molecule has 1 fully saturated rings. The molecule has 1 N–H and O–H groups in total. The molecular weight excluding hydrogens is 315 g/mol. The van der Waals surface area contributed by atoms with E-state index in [-0.39, 0.29) is 11.8 Å². The maximum Gasteiger partial charge on any atom is 0.263 e. The van der Waals surface area contributed by atoms with Crippen LogP contribution in [0.1, 0.15) is 13.3 Å². The summed E-state index contributed by atoms with van der Waals surface area (Å²) in [6, 6.07) is 4.80. The number of halogens is 2. The van der Waals surface area contributed by atoms with Gasteiger partial charge in [0.05, 0.1) is 0 Å². The predicted octanol–water partition coefficient (Wildman–Crippen LogP) is 2.11. The first-order chi connectivity index (χ1) is 9.95. The van der Waals surface area contributed by atoms with Gasteiger partial charge in [-0.05, 0) is 25.1 Å². The molecule has 1 aromatic carbocycles. The molecule has 1 heterocycles. The molecular formula is C14H16Cl2N2O3. The Bertz CT molecular complexity index is 531. The molecule has 0 aliphatic carbocycles. The summed E-state index contributed by atoms with van der Waals surface area (Å²) < 4.78 is 5.59. The largest absolute Gasteiger partial charge is 0.481 e. The summed E-state index contributed by atoms with van der Waals surface area (Å²) in [6.07, 6.45) is -0.366. The van der Waals surface area contributed by atoms with Gasteiger partial charge >= 0.3 is 0 Å². The zero-order chi connectivity index (χ0) is 15.4. The summed E-state index contributed by atoms with van der Waals surface area (Å²) in [5.41, 5.74) is 0. The summed E-state index contributed by atoms with van der Waals surface area (Å²) in [6.45, 7) is 3.00. The zero-order valence-electron chi connectivity index (χ0n) is 11.6. The minimum absolute atomic E-state index is 0.0412. The summed E-state index contributed by atoms with van der Waals surface area (Å²) in [5, 5.41) is 3.62. The van der Waals surface area contributed by atoms with Gasteiger partial charge in [-0.1, -0.05) is 23.2 Å². The first-order valence-electron chi connectivity index (χ1n) is 6.64. The van der Waals surface area contributed by atoms with Crippen LogP contribution >= 0.6 is 23.2 Å². The van der Waals surface area contributed by atoms with Gasteiger partial charge in [0.2, 0.25) is 5.91 Å². The van der Waals surface area contributed by atoms with Gasteiger partial charge in [-0.25, -0.2) is 0 Å². The average Bonchev–Trinajstić information content (AvgIpc) is 2.61. The molecule has 2 amide bonds. The SMILES string of the molecule is C[C@@H](Oc1cc(Cl)cc(Cl)c1)C(=O)N1CCNC(=O)CC1. The molecule has 0 spiro atoms. The van der Waals surface area contributed by atoms with E-state index in [1.807, 2.05) is 0 Å². The van der Waals surface area contributed by atoms with Gasteiger partial charge in [-0.3, -0.25) is 9.59 Å². The van der Waals surface area contributed by atoms with Crippen LogP contribution in [0, 0.1) is 0 Å². The Morgan fingerprint density at radius 1 is 1.29 bits per heavy atom. The standard InChI is InChI=1S/C14H16Cl2N2O3/c1-9(21-12-7-10(15)6-11(16)8-12)14(20)18-4-2-13(19)17-3-5-18/h6-9H,2-5H2,1H3,(H,17,19)/t9-/m1/s1. The lowest BCUT2D eigenvalue weighted by molar-refractivity contribution is -0.137. The van der Waals surface area contributed by atoms with Gasteiger partial charge in [0.15, 0.2) is 6.10 Å². The van der Waals surface area contributed by atoms with Gasteiger partial charge in [0, 0.05) is 36.1 Å². The number of rotatable bonds is 3. The van der Waals surface area contributed by atoms with Crippen LogP contribution < -0.4 is 10.1 Å². The Balaban J connectivity index is 2.00. The average molecular weight is 331 g/mol. The van der Waals surface area contributed by atoms with Gasteiger partial charge in [0.1, 0.15) is 5.75 Å². The van der Waals surface area contributed by atoms with Crippen molar-refractivity contribution >= 4 is 35.0 Å². The number of benzene rings is 1. The van der Waals surface area contributed by atoms with Crippen LogP contribution in [0.5, 0.6) is 5.75 Å². The molecule has 0 saturated carbocycles. The number of nitrogens with zero attached hydrogens (tertiary/aromatic N) is 1. The lowest BCUT2D eigenvalue weighted by Crippen LogP contribution is -2.42. The van der Waals surface area contributed by atoms with E-state index < -0.39 is 6.10 Å². The molecule has 0 bridgehead atoms. The van der Waals surface area contributed by atoms with Crippen molar-refractivity contribution in [1.29, 1.82) is 0 Å². The fraction of sp³-hybridized carbons (Fsp3) is 0.429. The molecule has 1 aromatic rings. The lowest BCUT2D eigenvalue weighted by Gasteiger charge is -2.24. The minimum Gasteiger partial charge on any atom is -0.481 e. The van der Waals surface area contributed by atoms with E-state index in [9.17, 15) is 9.59 Å². The number of ether oxygens (including phenoxy) is 1. The molecule has 0 aromatic heterocycles. The number of carbonyl (C=O) groups is 2. The summed E-state index contributed by atoms with van der Waals surface area (Å²) in [7, 11) is 0. The van der Waals surface area contributed by atoms with Gasteiger partial charge in [-0.2, -0.15) is 0 Å². The van der Waals surface area contributed by atoms with Crippen LogP contribution in [-0.2, 0) is 9.59 Å². The third-order valence-corrected chi connectivity index (χ3v) is 3.56. The van der Waals surface area contributed by atoms with Crippen LogP contribution in [0.25, 0.3) is 0 Å². The fourth-order valence-corrected chi connectivity index (χ4v) is 2.60. The van der Waals surface area contributed by atoms with Crippen molar-refractivity contribution in [3.8, 4) is 5.75 Å². The molecule has 114 valence electrons. The normalized spacial score (nSPS) is 16.9. The second kappa shape index (κ2) is 7.00. The predicted molar refractivity (Wildman–Crippen MR) is 80.8 cm³/mol. The molecule has 1 atom stereocenters. The van der Waals surface area contributed by atoms with Crippen LogP contribution in [0.3, 0.4) is 0 Å². The molecule has 1 aliphatic heterocycles. The van der Waals surface area contributed by atoms with E-state index in [0.29, 0.717) is 41.8 Å². The monoisotopic (exact) mass is 330 g/mol. The van der Waals surface area contributed by atoms with Crippen molar-refractivity contribution in [3.63, 3.8) is 0 Å². The highest BCUT2D eigenvalue weighted by atomic mass is 35.5. The Kier molecular flexibility index (Phi) is 5.31. The number of hydrogen-bond donors (Lipinski definition) is 1. The smallest absolute Gasteiger partial charge is 0.263 e. The van der Waals surface area contributed by atoms with E-state index in [1.54, 1.807) is 30.0 Å². The van der Waals surface area contributed by atoms with E-state index in [2.05, 4.69) is 5.32 Å². The molecule has 7 heteroatoms. The van der Waals surface area contributed by atoms with E-state index in [0.717, 1.165) is 0 Å². The quantitative estimate of drug-likeness (QED) is 0.923. The van der Waals surface area contributed by atoms with E-state index in [4.69, 9.17) is 27.9 Å². The second-order valence-corrected chi connectivity index (χ2v) is 5.66. The zero-order valence-corrected chi connectivity index (χ0v) is 13.1. The molecule has 21 heavy (non-hydrogen) atoms. The van der Waals surface area contributed by atoms with Gasteiger partial charge < -0.3 is 15.0 Å². The molecule has 0 unspecified atom stereocenters. The third kappa shape index (κ3) is 4.51. The maximum absolute atomic E-state index is 12.3. The molecule has 2 rings (SSSR count). The van der Waals surface area contributed by atoms with Crippen molar-refractivity contribution in [2.75, 3.05) is 19.6 Å². The highest BCUT2D eigenvalue weighted by Gasteiger charge is 2.24. The first-order valence-corrected chi connectivity index (χ1v) is 7.39. The molecule has 1 aliphatic rings. The molecule has 0 radical (unpaired) electrons. The first kappa shape index (κ1) is 15.9. The Morgan fingerprint density at radius 3 is 2.62 bits per heavy atom. The van der Waals surface area contributed by atoms with E-state index in [1.165, 1.54) is 0 Å². The lowest BCUT2D eigenvalue weighted by atomic mass is 10.3. The Morgan fingerprint density at radius 2 is 1.95 bits per heavy atom. The summed E-state index contributed by atoms with van der Waals surface area (Å²) in [4.78, 5) is 25.2. The van der Waals surface area contributed by atoms with Crippen molar-refractivity contribution in [1.82, 2.24) is 10.2 Å². The van der Waals surface area contributed by atoms with E-state index >= 15 is 0 Å². The second-order valence-electron chi connectivity index (χ2n) is 4.79. The van der Waals surface area contributed by atoms with Crippen LogP contribution in [0.4, 0.5) is 0 Å². The fourth-order valence-electron chi connectivity index (χ4n) is 2.10. The summed E-state index contributed by atoms with van der Waals surface area (Å²) >= 11 is 11.8. The van der Waals surface area contributed by atoms with Crippen molar-refractivity contribution in [2.24, 2.45) is 0 Å². The maximum atomic E-state index is 12.3. The van der Waals surface area contributed by atoms with Crippen LogP contribution in [0.2, 0.25) is 10.0 Å². The van der Waals surface area contributed by atoms with Crippen molar-refractivity contribution in [3.05, 3.63) is 28.2 Å².